The van der Waals surface area contributed by atoms with E-state index in [0.29, 0.717) is 0 Å². The highest BCUT2D eigenvalue weighted by Gasteiger charge is 2.06. The van der Waals surface area contributed by atoms with Gasteiger partial charge in [0.05, 0.1) is 14.2 Å². The van der Waals surface area contributed by atoms with Crippen molar-refractivity contribution < 1.29 is 14.6 Å². The molecule has 0 aliphatic rings. The standard InChI is InChI=1S/C22H18O3/c1-24-20-12-5-16(6-13-20)3-4-17-7-14-21(22(15-17)25-2)18-8-10-19(23)11-9-18/h5-15,23H,1-2H3. The van der Waals surface area contributed by atoms with Crippen LogP contribution < -0.4 is 9.47 Å². The number of hydrogen-bond acceptors (Lipinski definition) is 3. The first-order valence-electron chi connectivity index (χ1n) is 7.83. The summed E-state index contributed by atoms with van der Waals surface area (Å²) in [5.41, 5.74) is 3.72. The van der Waals surface area contributed by atoms with Gasteiger partial charge in [-0.2, -0.15) is 0 Å². The summed E-state index contributed by atoms with van der Waals surface area (Å²) in [7, 11) is 3.28. The topological polar surface area (TPSA) is 38.7 Å². The fraction of sp³-hybridized carbons (Fsp3) is 0.0909. The van der Waals surface area contributed by atoms with Crippen LogP contribution in [-0.2, 0) is 0 Å². The number of phenolic OH excluding ortho intramolecular Hbond substituents is 1. The molecule has 0 aromatic heterocycles. The first kappa shape index (κ1) is 16.5. The highest BCUT2D eigenvalue weighted by Crippen LogP contribution is 2.31. The molecule has 0 spiro atoms. The van der Waals surface area contributed by atoms with Crippen molar-refractivity contribution in [3.05, 3.63) is 77.9 Å². The monoisotopic (exact) mass is 330 g/mol. The van der Waals surface area contributed by atoms with Crippen molar-refractivity contribution >= 4 is 0 Å². The zero-order valence-corrected chi connectivity index (χ0v) is 14.1. The van der Waals surface area contributed by atoms with Gasteiger partial charge in [-0.25, -0.2) is 0 Å². The lowest BCUT2D eigenvalue weighted by Gasteiger charge is -2.09. The number of hydrogen-bond donors (Lipinski definition) is 1. The fourth-order valence-corrected chi connectivity index (χ4v) is 2.47. The van der Waals surface area contributed by atoms with E-state index in [4.69, 9.17) is 9.47 Å². The van der Waals surface area contributed by atoms with E-state index in [1.165, 1.54) is 0 Å². The van der Waals surface area contributed by atoms with Crippen molar-refractivity contribution in [2.75, 3.05) is 14.2 Å². The molecule has 0 atom stereocenters. The predicted molar refractivity (Wildman–Crippen MR) is 99.1 cm³/mol. The Labute approximate surface area is 147 Å². The second-order valence-electron chi connectivity index (χ2n) is 5.44. The molecule has 0 aliphatic carbocycles. The van der Waals surface area contributed by atoms with E-state index in [0.717, 1.165) is 33.8 Å². The molecule has 0 aliphatic heterocycles. The summed E-state index contributed by atoms with van der Waals surface area (Å²) < 4.78 is 10.7. The first-order chi connectivity index (χ1) is 12.2. The van der Waals surface area contributed by atoms with Gasteiger partial charge in [0.1, 0.15) is 17.2 Å². The zero-order chi connectivity index (χ0) is 17.6. The lowest BCUT2D eigenvalue weighted by Crippen LogP contribution is -1.89. The maximum atomic E-state index is 9.43. The molecule has 0 saturated carbocycles. The van der Waals surface area contributed by atoms with Gasteiger partial charge in [-0.3, -0.25) is 0 Å². The minimum atomic E-state index is 0.240. The molecule has 25 heavy (non-hydrogen) atoms. The number of ether oxygens (including phenoxy) is 2. The van der Waals surface area contributed by atoms with Crippen molar-refractivity contribution in [3.63, 3.8) is 0 Å². The Kier molecular flexibility index (Phi) is 4.92. The number of methoxy groups -OCH3 is 2. The van der Waals surface area contributed by atoms with Crippen molar-refractivity contribution in [1.29, 1.82) is 0 Å². The third-order valence-corrected chi connectivity index (χ3v) is 3.82. The minimum Gasteiger partial charge on any atom is -0.508 e. The van der Waals surface area contributed by atoms with Gasteiger partial charge in [0.2, 0.25) is 0 Å². The summed E-state index contributed by atoms with van der Waals surface area (Å²) in [4.78, 5) is 0. The average molecular weight is 330 g/mol. The number of phenols is 1. The summed E-state index contributed by atoms with van der Waals surface area (Å²) >= 11 is 0. The molecular weight excluding hydrogens is 312 g/mol. The Morgan fingerprint density at radius 1 is 0.720 bits per heavy atom. The van der Waals surface area contributed by atoms with E-state index < -0.39 is 0 Å². The summed E-state index contributed by atoms with van der Waals surface area (Å²) in [6, 6.07) is 20.5. The van der Waals surface area contributed by atoms with Crippen LogP contribution in [0.2, 0.25) is 0 Å². The van der Waals surface area contributed by atoms with E-state index in [-0.39, 0.29) is 5.75 Å². The highest BCUT2D eigenvalue weighted by atomic mass is 16.5. The van der Waals surface area contributed by atoms with Crippen molar-refractivity contribution in [2.45, 2.75) is 0 Å². The van der Waals surface area contributed by atoms with Crippen LogP contribution in [0, 0.1) is 11.8 Å². The average Bonchev–Trinajstić information content (AvgIpc) is 2.67. The molecule has 124 valence electrons. The third kappa shape index (κ3) is 3.94. The number of rotatable bonds is 3. The van der Waals surface area contributed by atoms with E-state index in [1.54, 1.807) is 26.4 Å². The van der Waals surface area contributed by atoms with E-state index >= 15 is 0 Å². The summed E-state index contributed by atoms with van der Waals surface area (Å²) in [5, 5.41) is 9.43. The summed E-state index contributed by atoms with van der Waals surface area (Å²) in [5.74, 6) is 8.08. The molecule has 0 fully saturated rings. The van der Waals surface area contributed by atoms with Gasteiger partial charge in [0, 0.05) is 16.7 Å². The number of benzene rings is 3. The molecule has 0 amide bonds. The molecule has 3 aromatic rings. The van der Waals surface area contributed by atoms with Crippen LogP contribution in [0.25, 0.3) is 11.1 Å². The molecule has 3 aromatic carbocycles. The Morgan fingerprint density at radius 2 is 1.36 bits per heavy atom. The summed E-state index contributed by atoms with van der Waals surface area (Å²) in [6.45, 7) is 0. The molecule has 0 unspecified atom stereocenters. The van der Waals surface area contributed by atoms with Gasteiger partial charge < -0.3 is 14.6 Å². The first-order valence-corrected chi connectivity index (χ1v) is 7.83. The van der Waals surface area contributed by atoms with Crippen LogP contribution in [0.3, 0.4) is 0 Å². The second kappa shape index (κ2) is 7.46. The Balaban J connectivity index is 1.89. The highest BCUT2D eigenvalue weighted by molar-refractivity contribution is 5.72. The molecule has 3 rings (SSSR count). The molecule has 3 heteroatoms. The Hall–Kier alpha value is -3.38. The number of aromatic hydroxyl groups is 1. The van der Waals surface area contributed by atoms with Gasteiger partial charge in [-0.1, -0.05) is 24.0 Å². The van der Waals surface area contributed by atoms with Crippen LogP contribution in [0.15, 0.2) is 66.7 Å². The molecule has 0 radical (unpaired) electrons. The largest absolute Gasteiger partial charge is 0.508 e. The van der Waals surface area contributed by atoms with Crippen molar-refractivity contribution in [1.82, 2.24) is 0 Å². The zero-order valence-electron chi connectivity index (χ0n) is 14.1. The maximum Gasteiger partial charge on any atom is 0.127 e. The second-order valence-corrected chi connectivity index (χ2v) is 5.44. The van der Waals surface area contributed by atoms with Crippen LogP contribution in [-0.4, -0.2) is 19.3 Å². The Morgan fingerprint density at radius 3 is 2.00 bits per heavy atom. The van der Waals surface area contributed by atoms with Crippen LogP contribution in [0.1, 0.15) is 11.1 Å². The van der Waals surface area contributed by atoms with Crippen LogP contribution in [0.4, 0.5) is 0 Å². The van der Waals surface area contributed by atoms with Gasteiger partial charge >= 0.3 is 0 Å². The van der Waals surface area contributed by atoms with Gasteiger partial charge in [0.15, 0.2) is 0 Å². The van der Waals surface area contributed by atoms with Crippen LogP contribution in [0.5, 0.6) is 17.2 Å². The van der Waals surface area contributed by atoms with Crippen molar-refractivity contribution in [2.24, 2.45) is 0 Å². The van der Waals surface area contributed by atoms with Gasteiger partial charge in [0.25, 0.3) is 0 Å². The molecule has 3 nitrogen and oxygen atoms in total. The van der Waals surface area contributed by atoms with E-state index in [1.807, 2.05) is 54.6 Å². The minimum absolute atomic E-state index is 0.240. The normalized spacial score (nSPS) is 9.84. The SMILES string of the molecule is COc1ccc(C#Cc2ccc(-c3ccc(O)cc3)c(OC)c2)cc1. The molecule has 0 bridgehead atoms. The van der Waals surface area contributed by atoms with Crippen LogP contribution >= 0.6 is 0 Å². The fourth-order valence-electron chi connectivity index (χ4n) is 2.47. The van der Waals surface area contributed by atoms with E-state index in [9.17, 15) is 5.11 Å². The lowest BCUT2D eigenvalue weighted by atomic mass is 10.0. The molecular formula is C22H18O3. The van der Waals surface area contributed by atoms with Gasteiger partial charge in [-0.15, -0.1) is 0 Å². The third-order valence-electron chi connectivity index (χ3n) is 3.82. The summed E-state index contributed by atoms with van der Waals surface area (Å²) in [6.07, 6.45) is 0. The quantitative estimate of drug-likeness (QED) is 0.720. The molecule has 0 saturated heterocycles. The van der Waals surface area contributed by atoms with Gasteiger partial charge in [-0.05, 0) is 60.2 Å². The Bertz CT molecular complexity index is 914. The molecule has 1 N–H and O–H groups in total. The lowest BCUT2D eigenvalue weighted by molar-refractivity contribution is 0.415. The van der Waals surface area contributed by atoms with Crippen molar-refractivity contribution in [3.8, 4) is 40.2 Å². The van der Waals surface area contributed by atoms with E-state index in [2.05, 4.69) is 11.8 Å². The predicted octanol–water partition coefficient (Wildman–Crippen LogP) is 4.48. The smallest absolute Gasteiger partial charge is 0.127 e. The molecule has 0 heterocycles. The maximum absolute atomic E-state index is 9.43.